The van der Waals surface area contributed by atoms with Gasteiger partial charge in [0.25, 0.3) is 0 Å². The summed E-state index contributed by atoms with van der Waals surface area (Å²) < 4.78 is 11.2. The van der Waals surface area contributed by atoms with Crippen LogP contribution in [0, 0.1) is 0 Å². The largest absolute Gasteiger partial charge is 0.508 e. The lowest BCUT2D eigenvalue weighted by Gasteiger charge is -2.02. The van der Waals surface area contributed by atoms with Gasteiger partial charge >= 0.3 is 11.3 Å². The minimum absolute atomic E-state index is 0.188. The number of ether oxygens (including phenoxy) is 1. The van der Waals surface area contributed by atoms with Crippen LogP contribution in [0.1, 0.15) is 0 Å². The second-order valence-corrected chi connectivity index (χ2v) is 4.22. The van der Waals surface area contributed by atoms with Crippen molar-refractivity contribution < 1.29 is 14.3 Å². The Balaban J connectivity index is 2.20. The van der Waals surface area contributed by atoms with E-state index in [9.17, 15) is 5.11 Å². The molecule has 0 fully saturated rings. The summed E-state index contributed by atoms with van der Waals surface area (Å²) in [5, 5.41) is 10.4. The molecule has 0 saturated heterocycles. The first kappa shape index (κ1) is 11.5. The first-order chi connectivity index (χ1) is 9.28. The summed E-state index contributed by atoms with van der Waals surface area (Å²) in [5.74, 6) is 1.65. The van der Waals surface area contributed by atoms with Gasteiger partial charge in [-0.3, -0.25) is 0 Å². The van der Waals surface area contributed by atoms with Crippen molar-refractivity contribution >= 4 is 11.0 Å². The molecular weight excluding hydrogens is 240 g/mol. The van der Waals surface area contributed by atoms with Gasteiger partial charge in [0.1, 0.15) is 17.1 Å². The molecule has 1 aromatic heterocycles. The first-order valence-electron chi connectivity index (χ1n) is 5.97. The molecule has 3 aromatic rings. The van der Waals surface area contributed by atoms with Crippen LogP contribution >= 0.6 is 0 Å². The minimum atomic E-state index is 0.188. The number of rotatable bonds is 2. The van der Waals surface area contributed by atoms with E-state index < -0.39 is 0 Å². The number of phenols is 1. The lowest BCUT2D eigenvalue weighted by atomic mass is 10.1. The van der Waals surface area contributed by atoms with Crippen molar-refractivity contribution in [1.82, 2.24) is 0 Å². The summed E-state index contributed by atoms with van der Waals surface area (Å²) >= 11 is 0. The van der Waals surface area contributed by atoms with Crippen molar-refractivity contribution in [3.05, 3.63) is 54.6 Å². The monoisotopic (exact) mass is 253 g/mol. The number of hydrogen-bond acceptors (Lipinski definition) is 2. The number of para-hydroxylation sites is 1. The summed E-state index contributed by atoms with van der Waals surface area (Å²) in [6.07, 6.45) is 0. The molecule has 0 atom stereocenters. The van der Waals surface area contributed by atoms with Crippen LogP contribution < -0.4 is 4.74 Å². The molecular formula is C16H13O3+. The fourth-order valence-corrected chi connectivity index (χ4v) is 2.06. The Bertz CT molecular complexity index is 735. The fraction of sp³-hybridized carbons (Fsp3) is 0.0625. The molecule has 0 aliphatic rings. The zero-order chi connectivity index (χ0) is 13.2. The van der Waals surface area contributed by atoms with Gasteiger partial charge in [0.05, 0.1) is 18.6 Å². The Morgan fingerprint density at radius 3 is 2.63 bits per heavy atom. The number of benzene rings is 2. The van der Waals surface area contributed by atoms with Crippen LogP contribution in [0.4, 0.5) is 0 Å². The van der Waals surface area contributed by atoms with E-state index in [1.807, 2.05) is 42.5 Å². The van der Waals surface area contributed by atoms with Crippen molar-refractivity contribution in [2.75, 3.05) is 7.11 Å². The van der Waals surface area contributed by atoms with Gasteiger partial charge in [0, 0.05) is 6.07 Å². The van der Waals surface area contributed by atoms with Crippen LogP contribution in [0.15, 0.2) is 59.0 Å². The lowest BCUT2D eigenvalue weighted by Crippen LogP contribution is -1.87. The van der Waals surface area contributed by atoms with Crippen molar-refractivity contribution in [1.29, 1.82) is 0 Å². The second-order valence-electron chi connectivity index (χ2n) is 4.22. The van der Waals surface area contributed by atoms with E-state index in [1.165, 1.54) is 0 Å². The van der Waals surface area contributed by atoms with Crippen molar-refractivity contribution in [3.8, 4) is 22.8 Å². The van der Waals surface area contributed by atoms with Gasteiger partial charge in [-0.1, -0.05) is 12.1 Å². The van der Waals surface area contributed by atoms with Gasteiger partial charge in [-0.05, 0) is 30.3 Å². The van der Waals surface area contributed by atoms with E-state index in [0.29, 0.717) is 11.3 Å². The molecule has 1 heterocycles. The highest BCUT2D eigenvalue weighted by Crippen LogP contribution is 2.32. The topological polar surface area (TPSA) is 40.8 Å². The SMILES string of the molecule is COc1ccccc1-c1ccc2ccc(O)cc2[o+]1. The maximum Gasteiger partial charge on any atom is 0.364 e. The molecule has 0 amide bonds. The molecule has 3 nitrogen and oxygen atoms in total. The van der Waals surface area contributed by atoms with Crippen LogP contribution in [0.2, 0.25) is 0 Å². The number of phenolic OH excluding ortho intramolecular Hbond substituents is 1. The molecule has 0 bridgehead atoms. The van der Waals surface area contributed by atoms with E-state index in [-0.39, 0.29) is 5.75 Å². The van der Waals surface area contributed by atoms with Gasteiger partial charge in [0.2, 0.25) is 0 Å². The Labute approximate surface area is 110 Å². The van der Waals surface area contributed by atoms with E-state index in [1.54, 1.807) is 19.2 Å². The highest BCUT2D eigenvalue weighted by molar-refractivity contribution is 5.80. The lowest BCUT2D eigenvalue weighted by molar-refractivity contribution is 0.415. The van der Waals surface area contributed by atoms with Gasteiger partial charge < -0.3 is 9.84 Å². The first-order valence-corrected chi connectivity index (χ1v) is 5.97. The van der Waals surface area contributed by atoms with E-state index in [2.05, 4.69) is 0 Å². The van der Waals surface area contributed by atoms with Gasteiger partial charge in [0.15, 0.2) is 0 Å². The molecule has 2 aromatic carbocycles. The van der Waals surface area contributed by atoms with Gasteiger partial charge in [-0.15, -0.1) is 0 Å². The number of aromatic hydroxyl groups is 1. The van der Waals surface area contributed by atoms with E-state index in [4.69, 9.17) is 9.15 Å². The Morgan fingerprint density at radius 2 is 1.79 bits per heavy atom. The Kier molecular flexibility index (Phi) is 2.80. The summed E-state index contributed by atoms with van der Waals surface area (Å²) in [7, 11) is 1.63. The summed E-state index contributed by atoms with van der Waals surface area (Å²) in [6.45, 7) is 0. The molecule has 0 radical (unpaired) electrons. The third-order valence-electron chi connectivity index (χ3n) is 3.00. The van der Waals surface area contributed by atoms with Crippen molar-refractivity contribution in [3.63, 3.8) is 0 Å². The van der Waals surface area contributed by atoms with Crippen LogP contribution in [-0.4, -0.2) is 12.2 Å². The molecule has 0 aliphatic carbocycles. The van der Waals surface area contributed by atoms with E-state index >= 15 is 0 Å². The zero-order valence-electron chi connectivity index (χ0n) is 10.5. The maximum atomic E-state index is 9.51. The highest BCUT2D eigenvalue weighted by atomic mass is 16.5. The average molecular weight is 253 g/mol. The molecule has 0 aliphatic heterocycles. The molecule has 94 valence electrons. The Hall–Kier alpha value is -2.55. The summed E-state index contributed by atoms with van der Waals surface area (Å²) in [5.41, 5.74) is 1.53. The number of fused-ring (bicyclic) bond motifs is 1. The standard InChI is InChI=1S/C16H12O3/c1-18-14-5-3-2-4-13(14)15-9-7-11-6-8-12(17)10-16(11)19-15/h2-10H,1H3/p+1. The normalized spacial score (nSPS) is 10.6. The third kappa shape index (κ3) is 2.10. The average Bonchev–Trinajstić information content (AvgIpc) is 2.46. The van der Waals surface area contributed by atoms with Crippen LogP contribution in [0.25, 0.3) is 22.3 Å². The molecule has 3 rings (SSSR count). The summed E-state index contributed by atoms with van der Waals surface area (Å²) in [4.78, 5) is 0. The number of hydrogen-bond donors (Lipinski definition) is 1. The fourth-order valence-electron chi connectivity index (χ4n) is 2.06. The summed E-state index contributed by atoms with van der Waals surface area (Å²) in [6, 6.07) is 16.6. The molecule has 0 saturated carbocycles. The molecule has 19 heavy (non-hydrogen) atoms. The van der Waals surface area contributed by atoms with Crippen molar-refractivity contribution in [2.24, 2.45) is 0 Å². The second kappa shape index (κ2) is 4.61. The van der Waals surface area contributed by atoms with Crippen molar-refractivity contribution in [2.45, 2.75) is 0 Å². The smallest absolute Gasteiger partial charge is 0.364 e. The molecule has 3 heteroatoms. The van der Waals surface area contributed by atoms with Crippen LogP contribution in [0.3, 0.4) is 0 Å². The van der Waals surface area contributed by atoms with E-state index in [0.717, 1.165) is 16.7 Å². The quantitative estimate of drug-likeness (QED) is 0.699. The minimum Gasteiger partial charge on any atom is -0.508 e. The molecule has 1 N–H and O–H groups in total. The van der Waals surface area contributed by atoms with Crippen LogP contribution in [-0.2, 0) is 0 Å². The van der Waals surface area contributed by atoms with Gasteiger partial charge in [-0.25, -0.2) is 4.42 Å². The maximum absolute atomic E-state index is 9.51. The number of methoxy groups -OCH3 is 1. The predicted molar refractivity (Wildman–Crippen MR) is 74.3 cm³/mol. The zero-order valence-corrected chi connectivity index (χ0v) is 10.5. The third-order valence-corrected chi connectivity index (χ3v) is 3.00. The molecule has 0 unspecified atom stereocenters. The predicted octanol–water partition coefficient (Wildman–Crippen LogP) is 4.10. The van der Waals surface area contributed by atoms with Crippen LogP contribution in [0.5, 0.6) is 11.5 Å². The highest BCUT2D eigenvalue weighted by Gasteiger charge is 2.18. The Morgan fingerprint density at radius 1 is 1.00 bits per heavy atom. The molecule has 0 spiro atoms. The van der Waals surface area contributed by atoms with Gasteiger partial charge in [-0.2, -0.15) is 0 Å².